The molecule has 0 amide bonds. The van der Waals surface area contributed by atoms with Crippen molar-refractivity contribution < 1.29 is 9.53 Å². The van der Waals surface area contributed by atoms with Gasteiger partial charge in [-0.2, -0.15) is 10.2 Å². The number of esters is 1. The van der Waals surface area contributed by atoms with Crippen molar-refractivity contribution in [3.63, 3.8) is 0 Å². The number of hydrogen-bond acceptors (Lipinski definition) is 8. The summed E-state index contributed by atoms with van der Waals surface area (Å²) in [7, 11) is 0. The molecule has 0 saturated heterocycles. The van der Waals surface area contributed by atoms with Gasteiger partial charge in [-0.1, -0.05) is 66.7 Å². The standard InChI is InChI=1S/C23H17N3O2.C10H9N3/c24-21-14-15-22(20-9-5-4-8-19(20)21)26-25-17-12-10-16(11-13-17)23(27)28-18-6-2-1-3-7-18;11-9-5-6-10(13-12)8-4-2-1-3-7(8)9/h1-15H,24H2;1-6,12H,11H2. The molecule has 0 aliphatic heterocycles. The first-order valence-corrected chi connectivity index (χ1v) is 12.7. The number of carbonyl (C=O) groups excluding carboxylic acids is 1. The van der Waals surface area contributed by atoms with Gasteiger partial charge in [-0.3, -0.25) is 0 Å². The molecule has 0 saturated carbocycles. The van der Waals surface area contributed by atoms with Crippen molar-refractivity contribution in [2.45, 2.75) is 0 Å². The van der Waals surface area contributed by atoms with Gasteiger partial charge in [0.2, 0.25) is 0 Å². The van der Waals surface area contributed by atoms with Crippen LogP contribution in [0.5, 0.6) is 5.75 Å². The lowest BCUT2D eigenvalue weighted by Gasteiger charge is -2.05. The Morgan fingerprint density at radius 2 is 1.07 bits per heavy atom. The normalized spacial score (nSPS) is 10.7. The van der Waals surface area contributed by atoms with Crippen molar-refractivity contribution in [1.82, 2.24) is 0 Å². The Labute approximate surface area is 236 Å². The molecule has 0 aliphatic carbocycles. The third-order valence-electron chi connectivity index (χ3n) is 6.32. The molecule has 0 heterocycles. The minimum absolute atomic E-state index is 0.417. The molecule has 6 rings (SSSR count). The first-order chi connectivity index (χ1) is 20.0. The quantitative estimate of drug-likeness (QED) is 0.0871. The molecule has 6 aromatic rings. The Bertz CT molecular complexity index is 1870. The van der Waals surface area contributed by atoms with Crippen LogP contribution >= 0.6 is 0 Å². The molecule has 200 valence electrons. The van der Waals surface area contributed by atoms with Gasteiger partial charge in [-0.15, -0.1) is 5.11 Å². The third kappa shape index (κ3) is 6.23. The van der Waals surface area contributed by atoms with Gasteiger partial charge in [0, 0.05) is 32.9 Å². The summed E-state index contributed by atoms with van der Waals surface area (Å²) in [6, 6.07) is 38.4. The highest BCUT2D eigenvalue weighted by Gasteiger charge is 2.08. The van der Waals surface area contributed by atoms with Crippen LogP contribution in [-0.2, 0) is 0 Å². The number of para-hydroxylation sites is 1. The zero-order valence-corrected chi connectivity index (χ0v) is 21.9. The van der Waals surface area contributed by atoms with Gasteiger partial charge in [-0.25, -0.2) is 10.3 Å². The molecule has 0 atom stereocenters. The van der Waals surface area contributed by atoms with Crippen molar-refractivity contribution in [3.05, 3.63) is 133 Å². The fraction of sp³-hybridized carbons (Fsp3) is 0. The highest BCUT2D eigenvalue weighted by atomic mass is 16.5. The van der Waals surface area contributed by atoms with Crippen molar-refractivity contribution in [2.75, 3.05) is 11.5 Å². The van der Waals surface area contributed by atoms with Crippen LogP contribution in [0.2, 0.25) is 0 Å². The summed E-state index contributed by atoms with van der Waals surface area (Å²) in [6.07, 6.45) is 0. The molecular formula is C33H26N6O2. The summed E-state index contributed by atoms with van der Waals surface area (Å²) in [5, 5.41) is 15.8. The number of ether oxygens (including phenoxy) is 1. The van der Waals surface area contributed by atoms with Gasteiger partial charge in [-0.05, 0) is 60.7 Å². The van der Waals surface area contributed by atoms with E-state index in [4.69, 9.17) is 21.7 Å². The van der Waals surface area contributed by atoms with Crippen LogP contribution in [-0.4, -0.2) is 5.97 Å². The van der Waals surface area contributed by atoms with E-state index < -0.39 is 5.97 Å². The molecule has 8 heteroatoms. The van der Waals surface area contributed by atoms with E-state index in [1.54, 1.807) is 48.5 Å². The summed E-state index contributed by atoms with van der Waals surface area (Å²) in [6.45, 7) is 0. The zero-order valence-electron chi connectivity index (χ0n) is 21.9. The molecule has 0 bridgehead atoms. The topological polar surface area (TPSA) is 139 Å². The van der Waals surface area contributed by atoms with Gasteiger partial charge in [0.05, 0.1) is 22.6 Å². The van der Waals surface area contributed by atoms with Crippen LogP contribution in [0.25, 0.3) is 21.5 Å². The van der Waals surface area contributed by atoms with Crippen molar-refractivity contribution in [1.29, 1.82) is 5.53 Å². The molecule has 6 aromatic carbocycles. The lowest BCUT2D eigenvalue weighted by Crippen LogP contribution is -2.07. The highest BCUT2D eigenvalue weighted by Crippen LogP contribution is 2.32. The molecular weight excluding hydrogens is 512 g/mol. The number of fused-ring (bicyclic) bond motifs is 2. The predicted octanol–water partition coefficient (Wildman–Crippen LogP) is 9.14. The maximum absolute atomic E-state index is 12.2. The smallest absolute Gasteiger partial charge is 0.343 e. The number of rotatable bonds is 5. The molecule has 0 spiro atoms. The number of anilines is 2. The van der Waals surface area contributed by atoms with Crippen LogP contribution in [0.1, 0.15) is 10.4 Å². The SMILES string of the molecule is N=Nc1ccc(N)c2ccccc12.Nc1ccc(N=Nc2ccc(C(=O)Oc3ccccc3)cc2)c2ccccc12. The Morgan fingerprint density at radius 3 is 1.66 bits per heavy atom. The van der Waals surface area contributed by atoms with Gasteiger partial charge < -0.3 is 16.2 Å². The van der Waals surface area contributed by atoms with E-state index in [0.29, 0.717) is 28.4 Å². The summed E-state index contributed by atoms with van der Waals surface area (Å²) in [5.41, 5.74) is 22.7. The molecule has 0 radical (unpaired) electrons. The average Bonchev–Trinajstić information content (AvgIpc) is 3.02. The van der Waals surface area contributed by atoms with Crippen LogP contribution in [0, 0.1) is 5.53 Å². The number of benzene rings is 6. The monoisotopic (exact) mass is 538 g/mol. The van der Waals surface area contributed by atoms with Crippen LogP contribution in [0.3, 0.4) is 0 Å². The van der Waals surface area contributed by atoms with E-state index >= 15 is 0 Å². The average molecular weight is 539 g/mol. The summed E-state index contributed by atoms with van der Waals surface area (Å²) in [4.78, 5) is 12.2. The van der Waals surface area contributed by atoms with E-state index in [1.807, 2.05) is 78.9 Å². The number of nitrogens with zero attached hydrogens (tertiary/aromatic N) is 3. The lowest BCUT2D eigenvalue weighted by atomic mass is 10.1. The van der Waals surface area contributed by atoms with E-state index in [1.165, 1.54) is 0 Å². The van der Waals surface area contributed by atoms with E-state index in [-0.39, 0.29) is 0 Å². The number of nitrogens with two attached hydrogens (primary N) is 2. The number of nitrogen functional groups attached to an aromatic ring is 2. The van der Waals surface area contributed by atoms with Crippen LogP contribution in [0.15, 0.2) is 143 Å². The van der Waals surface area contributed by atoms with Gasteiger partial charge in [0.15, 0.2) is 0 Å². The number of azo groups is 1. The second kappa shape index (κ2) is 12.3. The minimum atomic E-state index is -0.417. The predicted molar refractivity (Wildman–Crippen MR) is 164 cm³/mol. The van der Waals surface area contributed by atoms with E-state index in [0.717, 1.165) is 32.9 Å². The molecule has 0 aliphatic rings. The van der Waals surface area contributed by atoms with Gasteiger partial charge in [0.1, 0.15) is 5.75 Å². The second-order valence-electron chi connectivity index (χ2n) is 9.00. The summed E-state index contributed by atoms with van der Waals surface area (Å²) >= 11 is 0. The maximum atomic E-state index is 12.2. The third-order valence-corrected chi connectivity index (χ3v) is 6.32. The van der Waals surface area contributed by atoms with Gasteiger partial charge >= 0.3 is 5.97 Å². The number of nitrogens with one attached hydrogen (secondary N) is 1. The zero-order chi connectivity index (χ0) is 28.6. The fourth-order valence-corrected chi connectivity index (χ4v) is 4.23. The van der Waals surface area contributed by atoms with Crippen molar-refractivity contribution in [3.8, 4) is 5.75 Å². The molecule has 0 fully saturated rings. The molecule has 0 unspecified atom stereocenters. The van der Waals surface area contributed by atoms with Gasteiger partial charge in [0.25, 0.3) is 0 Å². The van der Waals surface area contributed by atoms with E-state index in [9.17, 15) is 4.79 Å². The summed E-state index contributed by atoms with van der Waals surface area (Å²) in [5.74, 6) is 0.0886. The molecule has 5 N–H and O–H groups in total. The highest BCUT2D eigenvalue weighted by molar-refractivity contribution is 6.00. The molecule has 8 nitrogen and oxygen atoms in total. The first-order valence-electron chi connectivity index (χ1n) is 12.7. The Kier molecular flexibility index (Phi) is 8.02. The maximum Gasteiger partial charge on any atom is 0.343 e. The lowest BCUT2D eigenvalue weighted by molar-refractivity contribution is 0.0735. The van der Waals surface area contributed by atoms with Crippen molar-refractivity contribution in [2.24, 2.45) is 15.3 Å². The largest absolute Gasteiger partial charge is 0.423 e. The Hall–Kier alpha value is -5.89. The Morgan fingerprint density at radius 1 is 0.561 bits per heavy atom. The number of hydrogen-bond donors (Lipinski definition) is 3. The van der Waals surface area contributed by atoms with Crippen molar-refractivity contribution >= 4 is 56.0 Å². The molecule has 0 aromatic heterocycles. The van der Waals surface area contributed by atoms with E-state index in [2.05, 4.69) is 15.3 Å². The fourth-order valence-electron chi connectivity index (χ4n) is 4.23. The number of carbonyl (C=O) groups is 1. The first kappa shape index (κ1) is 26.7. The second-order valence-corrected chi connectivity index (χ2v) is 9.00. The van der Waals surface area contributed by atoms with Crippen LogP contribution in [0.4, 0.5) is 28.4 Å². The minimum Gasteiger partial charge on any atom is -0.423 e. The summed E-state index contributed by atoms with van der Waals surface area (Å²) < 4.78 is 5.32. The van der Waals surface area contributed by atoms with Crippen LogP contribution < -0.4 is 16.2 Å². The Balaban J connectivity index is 0.000000216. The molecule has 41 heavy (non-hydrogen) atoms.